The van der Waals surface area contributed by atoms with Crippen LogP contribution in [0.5, 0.6) is 0 Å². The molecule has 1 aromatic rings. The van der Waals surface area contributed by atoms with Crippen LogP contribution in [-0.4, -0.2) is 17.1 Å². The Hall–Kier alpha value is -1.51. The number of hydrogen-bond donors (Lipinski definition) is 2. The first-order valence-corrected chi connectivity index (χ1v) is 13.8. The zero-order valence-electron chi connectivity index (χ0n) is 20.8. The standard InChI is InChI=1S/C29H49NO2/c1-2-3-4-5-6-7-8-9-10-11-12-13-14-15-16-17-18-19-20-27-24-26-23-25(29(31)32)21-22-28(26)30-27/h21-23,27,30H,2-20,24H2,1H3,(H,31,32)/t27-/m0/s1. The molecular formula is C29H49NO2. The van der Waals surface area contributed by atoms with E-state index in [1.807, 2.05) is 12.1 Å². The Morgan fingerprint density at radius 2 is 1.25 bits per heavy atom. The molecule has 1 heterocycles. The van der Waals surface area contributed by atoms with Gasteiger partial charge in [0.2, 0.25) is 0 Å². The van der Waals surface area contributed by atoms with Crippen LogP contribution in [0.15, 0.2) is 18.2 Å². The predicted octanol–water partition coefficient (Wildman–Crippen LogP) is 9.15. The van der Waals surface area contributed by atoms with Gasteiger partial charge in [-0.3, -0.25) is 0 Å². The number of unbranched alkanes of at least 4 members (excludes halogenated alkanes) is 17. The molecule has 0 radical (unpaired) electrons. The molecule has 1 aliphatic heterocycles. The Labute approximate surface area is 197 Å². The summed E-state index contributed by atoms with van der Waals surface area (Å²) in [6.07, 6.45) is 27.6. The number of carboxylic acids is 1. The van der Waals surface area contributed by atoms with Gasteiger partial charge in [0.05, 0.1) is 5.56 Å². The second-order valence-corrected chi connectivity index (χ2v) is 10.0. The van der Waals surface area contributed by atoms with Gasteiger partial charge in [-0.15, -0.1) is 0 Å². The van der Waals surface area contributed by atoms with Gasteiger partial charge in [-0.25, -0.2) is 4.79 Å². The van der Waals surface area contributed by atoms with Crippen molar-refractivity contribution in [3.05, 3.63) is 29.3 Å². The lowest BCUT2D eigenvalue weighted by Crippen LogP contribution is -2.14. The number of carboxylic acid groups (broad SMARTS) is 1. The first-order valence-electron chi connectivity index (χ1n) is 13.8. The van der Waals surface area contributed by atoms with E-state index in [0.29, 0.717) is 11.6 Å². The van der Waals surface area contributed by atoms with Crippen molar-refractivity contribution in [2.75, 3.05) is 5.32 Å². The maximum atomic E-state index is 11.1. The number of hydrogen-bond acceptors (Lipinski definition) is 2. The van der Waals surface area contributed by atoms with Crippen molar-refractivity contribution in [3.8, 4) is 0 Å². The molecule has 182 valence electrons. The van der Waals surface area contributed by atoms with Crippen molar-refractivity contribution in [2.24, 2.45) is 0 Å². The quantitative estimate of drug-likeness (QED) is 0.197. The lowest BCUT2D eigenvalue weighted by molar-refractivity contribution is 0.0697. The second kappa shape index (κ2) is 17.0. The maximum Gasteiger partial charge on any atom is 0.335 e. The fraction of sp³-hybridized carbons (Fsp3) is 0.759. The van der Waals surface area contributed by atoms with Crippen molar-refractivity contribution in [1.82, 2.24) is 0 Å². The maximum absolute atomic E-state index is 11.1. The molecule has 1 aromatic carbocycles. The van der Waals surface area contributed by atoms with Crippen LogP contribution in [-0.2, 0) is 6.42 Å². The molecule has 0 saturated heterocycles. The first-order chi connectivity index (χ1) is 15.7. The van der Waals surface area contributed by atoms with Crippen LogP contribution >= 0.6 is 0 Å². The highest BCUT2D eigenvalue weighted by molar-refractivity contribution is 5.88. The van der Waals surface area contributed by atoms with E-state index < -0.39 is 5.97 Å². The van der Waals surface area contributed by atoms with Gasteiger partial charge in [0.15, 0.2) is 0 Å². The lowest BCUT2D eigenvalue weighted by Gasteiger charge is -2.10. The Balaban J connectivity index is 1.32. The van der Waals surface area contributed by atoms with E-state index in [4.69, 9.17) is 5.11 Å². The average molecular weight is 444 g/mol. The highest BCUT2D eigenvalue weighted by Gasteiger charge is 2.21. The summed E-state index contributed by atoms with van der Waals surface area (Å²) < 4.78 is 0. The number of aromatic carboxylic acids is 1. The average Bonchev–Trinajstić information content (AvgIpc) is 3.20. The van der Waals surface area contributed by atoms with Gasteiger partial charge >= 0.3 is 5.97 Å². The minimum absolute atomic E-state index is 0.402. The number of fused-ring (bicyclic) bond motifs is 1. The van der Waals surface area contributed by atoms with Crippen LogP contribution < -0.4 is 5.32 Å². The largest absolute Gasteiger partial charge is 0.478 e. The van der Waals surface area contributed by atoms with Crippen molar-refractivity contribution in [3.63, 3.8) is 0 Å². The fourth-order valence-corrected chi connectivity index (χ4v) is 5.04. The topological polar surface area (TPSA) is 49.3 Å². The van der Waals surface area contributed by atoms with Gasteiger partial charge in [0, 0.05) is 11.7 Å². The van der Waals surface area contributed by atoms with E-state index in [0.717, 1.165) is 17.7 Å². The molecule has 0 bridgehead atoms. The summed E-state index contributed by atoms with van der Waals surface area (Å²) in [6, 6.07) is 5.94. The normalized spacial score (nSPS) is 15.0. The van der Waals surface area contributed by atoms with Crippen LogP contribution in [0.3, 0.4) is 0 Å². The second-order valence-electron chi connectivity index (χ2n) is 10.0. The van der Waals surface area contributed by atoms with E-state index >= 15 is 0 Å². The molecule has 0 amide bonds. The molecule has 1 aliphatic rings. The van der Waals surface area contributed by atoms with Crippen molar-refractivity contribution >= 4 is 11.7 Å². The summed E-state index contributed by atoms with van der Waals surface area (Å²) in [5.74, 6) is -0.834. The molecule has 2 rings (SSSR count). The number of rotatable bonds is 20. The fourth-order valence-electron chi connectivity index (χ4n) is 5.04. The van der Waals surface area contributed by atoms with E-state index in [9.17, 15) is 4.79 Å². The van der Waals surface area contributed by atoms with Gasteiger partial charge in [-0.1, -0.05) is 122 Å². The first kappa shape index (κ1) is 26.7. The highest BCUT2D eigenvalue weighted by atomic mass is 16.4. The molecule has 0 fully saturated rings. The van der Waals surface area contributed by atoms with Gasteiger partial charge in [-0.05, 0) is 36.6 Å². The zero-order valence-corrected chi connectivity index (χ0v) is 20.8. The Bertz CT molecular complexity index is 628. The van der Waals surface area contributed by atoms with Gasteiger partial charge in [0.1, 0.15) is 0 Å². The summed E-state index contributed by atoms with van der Waals surface area (Å²) in [5.41, 5.74) is 2.69. The number of carbonyl (C=O) groups is 1. The Kier molecular flexibility index (Phi) is 14.2. The Morgan fingerprint density at radius 1 is 0.781 bits per heavy atom. The third kappa shape index (κ3) is 11.4. The smallest absolute Gasteiger partial charge is 0.335 e. The van der Waals surface area contributed by atoms with Crippen molar-refractivity contribution < 1.29 is 9.90 Å². The van der Waals surface area contributed by atoms with E-state index in [1.165, 1.54) is 122 Å². The van der Waals surface area contributed by atoms with Crippen LogP contribution in [0.25, 0.3) is 0 Å². The molecule has 0 spiro atoms. The molecule has 32 heavy (non-hydrogen) atoms. The van der Waals surface area contributed by atoms with Gasteiger partial charge in [-0.2, -0.15) is 0 Å². The van der Waals surface area contributed by atoms with Crippen molar-refractivity contribution in [1.29, 1.82) is 0 Å². The minimum Gasteiger partial charge on any atom is -0.478 e. The summed E-state index contributed by atoms with van der Waals surface area (Å²) in [6.45, 7) is 2.29. The number of benzene rings is 1. The summed E-state index contributed by atoms with van der Waals surface area (Å²) in [7, 11) is 0. The van der Waals surface area contributed by atoms with Crippen LogP contribution in [0, 0.1) is 0 Å². The van der Waals surface area contributed by atoms with E-state index in [1.54, 1.807) is 6.07 Å². The number of nitrogens with one attached hydrogen (secondary N) is 1. The van der Waals surface area contributed by atoms with Gasteiger partial charge < -0.3 is 10.4 Å². The van der Waals surface area contributed by atoms with E-state index in [-0.39, 0.29) is 0 Å². The monoisotopic (exact) mass is 443 g/mol. The molecule has 0 aromatic heterocycles. The van der Waals surface area contributed by atoms with Crippen LogP contribution in [0.4, 0.5) is 5.69 Å². The molecule has 0 aliphatic carbocycles. The third-order valence-corrected chi connectivity index (χ3v) is 7.08. The molecule has 0 unspecified atom stereocenters. The van der Waals surface area contributed by atoms with Crippen LogP contribution in [0.2, 0.25) is 0 Å². The molecule has 2 N–H and O–H groups in total. The highest BCUT2D eigenvalue weighted by Crippen LogP contribution is 2.29. The van der Waals surface area contributed by atoms with E-state index in [2.05, 4.69) is 12.2 Å². The zero-order chi connectivity index (χ0) is 22.9. The Morgan fingerprint density at radius 3 is 1.72 bits per heavy atom. The van der Waals surface area contributed by atoms with Crippen molar-refractivity contribution in [2.45, 2.75) is 141 Å². The molecule has 1 atom stereocenters. The van der Waals surface area contributed by atoms with Crippen LogP contribution in [0.1, 0.15) is 145 Å². The predicted molar refractivity (Wildman–Crippen MR) is 138 cm³/mol. The number of anilines is 1. The molecule has 3 nitrogen and oxygen atoms in total. The minimum atomic E-state index is -0.834. The summed E-state index contributed by atoms with van der Waals surface area (Å²) in [4.78, 5) is 11.1. The third-order valence-electron chi connectivity index (χ3n) is 7.08. The summed E-state index contributed by atoms with van der Waals surface area (Å²) >= 11 is 0. The molecule has 3 heteroatoms. The summed E-state index contributed by atoms with van der Waals surface area (Å²) in [5, 5.41) is 12.7. The van der Waals surface area contributed by atoms with Gasteiger partial charge in [0.25, 0.3) is 0 Å². The molecular weight excluding hydrogens is 394 g/mol. The lowest BCUT2D eigenvalue weighted by atomic mass is 10.0. The SMILES string of the molecule is CCCCCCCCCCCCCCCCCCCC[C@H]1Cc2cc(C(=O)O)ccc2N1. The molecule has 0 saturated carbocycles.